The first-order chi connectivity index (χ1) is 16.4. The van der Waals surface area contributed by atoms with Crippen LogP contribution in [-0.4, -0.2) is 30.0 Å². The molecule has 0 aliphatic carbocycles. The number of para-hydroxylation sites is 1. The number of rotatable bonds is 5. The zero-order valence-electron chi connectivity index (χ0n) is 18.3. The molecular formula is C24H19FN6O2S. The maximum atomic E-state index is 13.4. The van der Waals surface area contributed by atoms with Crippen molar-refractivity contribution < 1.29 is 9.18 Å². The molecule has 0 unspecified atom stereocenters. The Morgan fingerprint density at radius 2 is 1.74 bits per heavy atom. The molecule has 5 aromatic rings. The van der Waals surface area contributed by atoms with Gasteiger partial charge < -0.3 is 5.32 Å². The summed E-state index contributed by atoms with van der Waals surface area (Å²) in [6, 6.07) is 18.6. The number of thiophene rings is 1. The summed E-state index contributed by atoms with van der Waals surface area (Å²) in [5, 5.41) is 8.94. The van der Waals surface area contributed by atoms with Gasteiger partial charge in [0.05, 0.1) is 21.9 Å². The fourth-order valence-electron chi connectivity index (χ4n) is 3.62. The Hall–Kier alpha value is -4.31. The summed E-state index contributed by atoms with van der Waals surface area (Å²) in [7, 11) is 1.75. The molecule has 0 radical (unpaired) electrons. The van der Waals surface area contributed by atoms with Gasteiger partial charge in [0.25, 0.3) is 11.5 Å². The molecule has 0 bridgehead atoms. The van der Waals surface area contributed by atoms with E-state index in [1.807, 2.05) is 47.8 Å². The molecule has 1 amide bonds. The van der Waals surface area contributed by atoms with E-state index in [2.05, 4.69) is 15.4 Å². The quantitative estimate of drug-likeness (QED) is 0.414. The van der Waals surface area contributed by atoms with Gasteiger partial charge in [-0.2, -0.15) is 0 Å². The van der Waals surface area contributed by atoms with Gasteiger partial charge in [-0.3, -0.25) is 14.3 Å². The molecular weight excluding hydrogens is 455 g/mol. The lowest BCUT2D eigenvalue weighted by atomic mass is 10.3. The molecule has 0 saturated heterocycles. The molecule has 8 nitrogen and oxygen atoms in total. The standard InChI is InChI=1S/C24H19FN6O2S/c1-15-20(24(33)31(29(15)2)18-7-4-3-5-8-18)26-23(32)21-27-22(19-9-6-14-34-19)30(28-21)17-12-10-16(25)11-13-17/h3-14H,1-2H3,(H,26,32). The minimum atomic E-state index is -0.621. The number of benzene rings is 2. The van der Waals surface area contributed by atoms with E-state index in [0.717, 1.165) is 4.88 Å². The topological polar surface area (TPSA) is 86.7 Å². The van der Waals surface area contributed by atoms with E-state index in [0.29, 0.717) is 22.9 Å². The maximum Gasteiger partial charge on any atom is 0.295 e. The fourth-order valence-corrected chi connectivity index (χ4v) is 4.32. The average Bonchev–Trinajstić information content (AvgIpc) is 3.57. The van der Waals surface area contributed by atoms with E-state index < -0.39 is 5.91 Å². The molecule has 0 fully saturated rings. The van der Waals surface area contributed by atoms with Gasteiger partial charge in [0.2, 0.25) is 5.82 Å². The third-order valence-corrected chi connectivity index (χ3v) is 6.28. The third kappa shape index (κ3) is 3.73. The van der Waals surface area contributed by atoms with E-state index >= 15 is 0 Å². The van der Waals surface area contributed by atoms with Gasteiger partial charge in [0.15, 0.2) is 5.82 Å². The Labute approximate surface area is 197 Å². The second-order valence-corrected chi connectivity index (χ2v) is 8.46. The minimum absolute atomic E-state index is 0.110. The van der Waals surface area contributed by atoms with Crippen LogP contribution < -0.4 is 10.9 Å². The van der Waals surface area contributed by atoms with Gasteiger partial charge in [-0.25, -0.2) is 18.7 Å². The van der Waals surface area contributed by atoms with Crippen LogP contribution in [0.5, 0.6) is 0 Å². The van der Waals surface area contributed by atoms with Gasteiger partial charge in [-0.05, 0) is 54.8 Å². The predicted octanol–water partition coefficient (Wildman–Crippen LogP) is 4.19. The number of carbonyl (C=O) groups is 1. The lowest BCUT2D eigenvalue weighted by molar-refractivity contribution is 0.101. The third-order valence-electron chi connectivity index (χ3n) is 5.42. The normalized spacial score (nSPS) is 11.0. The van der Waals surface area contributed by atoms with Gasteiger partial charge in [0.1, 0.15) is 11.5 Å². The number of nitrogens with zero attached hydrogens (tertiary/aromatic N) is 5. The molecule has 10 heteroatoms. The predicted molar refractivity (Wildman–Crippen MR) is 128 cm³/mol. The van der Waals surface area contributed by atoms with Crippen LogP contribution >= 0.6 is 11.3 Å². The number of anilines is 1. The first-order valence-corrected chi connectivity index (χ1v) is 11.2. The summed E-state index contributed by atoms with van der Waals surface area (Å²) in [6.07, 6.45) is 0. The van der Waals surface area contributed by atoms with E-state index in [4.69, 9.17) is 0 Å². The maximum absolute atomic E-state index is 13.4. The van der Waals surface area contributed by atoms with Gasteiger partial charge in [-0.15, -0.1) is 16.4 Å². The first-order valence-electron chi connectivity index (χ1n) is 10.4. The van der Waals surface area contributed by atoms with Crippen molar-refractivity contribution in [2.24, 2.45) is 7.05 Å². The van der Waals surface area contributed by atoms with Crippen LogP contribution in [0.2, 0.25) is 0 Å². The van der Waals surface area contributed by atoms with E-state index in [9.17, 15) is 14.0 Å². The van der Waals surface area contributed by atoms with Crippen molar-refractivity contribution in [3.63, 3.8) is 0 Å². The Morgan fingerprint density at radius 3 is 2.41 bits per heavy atom. The Balaban J connectivity index is 1.54. The second-order valence-electron chi connectivity index (χ2n) is 7.52. The monoisotopic (exact) mass is 474 g/mol. The van der Waals surface area contributed by atoms with Crippen LogP contribution in [-0.2, 0) is 7.05 Å². The van der Waals surface area contributed by atoms with Crippen molar-refractivity contribution in [3.8, 4) is 22.1 Å². The highest BCUT2D eigenvalue weighted by Gasteiger charge is 2.23. The van der Waals surface area contributed by atoms with Gasteiger partial charge in [-0.1, -0.05) is 24.3 Å². The highest BCUT2D eigenvalue weighted by Crippen LogP contribution is 2.26. The summed E-state index contributed by atoms with van der Waals surface area (Å²) >= 11 is 1.44. The molecule has 170 valence electrons. The van der Waals surface area contributed by atoms with Crippen LogP contribution in [0.1, 0.15) is 16.3 Å². The SMILES string of the molecule is Cc1c(NC(=O)c2nc(-c3cccs3)n(-c3ccc(F)cc3)n2)c(=O)n(-c2ccccc2)n1C. The molecule has 0 saturated carbocycles. The summed E-state index contributed by atoms with van der Waals surface area (Å²) in [4.78, 5) is 31.5. The number of halogens is 1. The number of hydrogen-bond donors (Lipinski definition) is 1. The van der Waals surface area contributed by atoms with Crippen molar-refractivity contribution >= 4 is 22.9 Å². The van der Waals surface area contributed by atoms with Crippen LogP contribution in [0.25, 0.3) is 22.1 Å². The van der Waals surface area contributed by atoms with Gasteiger partial charge >= 0.3 is 0 Å². The van der Waals surface area contributed by atoms with Crippen LogP contribution in [0.15, 0.2) is 76.9 Å². The van der Waals surface area contributed by atoms with E-state index in [1.165, 1.54) is 32.8 Å². The van der Waals surface area contributed by atoms with Crippen LogP contribution in [0.4, 0.5) is 10.1 Å². The zero-order valence-corrected chi connectivity index (χ0v) is 19.1. The zero-order chi connectivity index (χ0) is 23.8. The van der Waals surface area contributed by atoms with Crippen molar-refractivity contribution in [1.82, 2.24) is 24.1 Å². The van der Waals surface area contributed by atoms with Crippen LogP contribution in [0, 0.1) is 12.7 Å². The van der Waals surface area contributed by atoms with Crippen molar-refractivity contribution in [3.05, 3.63) is 99.8 Å². The lowest BCUT2D eigenvalue weighted by Crippen LogP contribution is -2.23. The Bertz CT molecular complexity index is 1530. The summed E-state index contributed by atoms with van der Waals surface area (Å²) in [5.74, 6) is -0.668. The van der Waals surface area contributed by atoms with Crippen LogP contribution in [0.3, 0.4) is 0 Å². The molecule has 0 aliphatic heterocycles. The average molecular weight is 475 g/mol. The van der Waals surface area contributed by atoms with Crippen molar-refractivity contribution in [2.45, 2.75) is 6.92 Å². The minimum Gasteiger partial charge on any atom is -0.313 e. The number of nitrogens with one attached hydrogen (secondary N) is 1. The summed E-state index contributed by atoms with van der Waals surface area (Å²) in [6.45, 7) is 1.75. The molecule has 3 aromatic heterocycles. The highest BCUT2D eigenvalue weighted by molar-refractivity contribution is 7.13. The molecule has 0 spiro atoms. The molecule has 2 aromatic carbocycles. The summed E-state index contributed by atoms with van der Waals surface area (Å²) in [5.41, 5.74) is 1.60. The molecule has 1 N–H and O–H groups in total. The molecule has 5 rings (SSSR count). The molecule has 0 atom stereocenters. The van der Waals surface area contributed by atoms with Crippen molar-refractivity contribution in [2.75, 3.05) is 5.32 Å². The molecule has 34 heavy (non-hydrogen) atoms. The van der Waals surface area contributed by atoms with Crippen molar-refractivity contribution in [1.29, 1.82) is 0 Å². The lowest BCUT2D eigenvalue weighted by Gasteiger charge is -2.07. The Kier molecular flexibility index (Phi) is 5.42. The fraction of sp³-hybridized carbons (Fsp3) is 0.0833. The number of aromatic nitrogens is 5. The second kappa shape index (κ2) is 8.56. The molecule has 3 heterocycles. The van der Waals surface area contributed by atoms with E-state index in [1.54, 1.807) is 30.8 Å². The number of hydrogen-bond acceptors (Lipinski definition) is 5. The number of amides is 1. The smallest absolute Gasteiger partial charge is 0.295 e. The highest BCUT2D eigenvalue weighted by atomic mass is 32.1. The Morgan fingerprint density at radius 1 is 1.00 bits per heavy atom. The molecule has 0 aliphatic rings. The van der Waals surface area contributed by atoms with Gasteiger partial charge in [0, 0.05) is 7.05 Å². The summed E-state index contributed by atoms with van der Waals surface area (Å²) < 4.78 is 18.1. The number of carbonyl (C=O) groups excluding carboxylic acids is 1. The largest absolute Gasteiger partial charge is 0.313 e. The van der Waals surface area contributed by atoms with E-state index in [-0.39, 0.29) is 22.9 Å². The first kappa shape index (κ1) is 21.5.